The molecular weight excluding hydrogens is 360 g/mol. The van der Waals surface area contributed by atoms with Gasteiger partial charge in [0, 0.05) is 10.5 Å². The number of carbonyl (C=O) groups is 1. The fraction of sp³-hybridized carbons (Fsp3) is 0.167. The average Bonchev–Trinajstić information content (AvgIpc) is 2.74. The van der Waals surface area contributed by atoms with Gasteiger partial charge in [0.1, 0.15) is 5.69 Å². The van der Waals surface area contributed by atoms with Crippen molar-refractivity contribution in [2.24, 2.45) is 5.73 Å². The number of hydrogen-bond acceptors (Lipinski definition) is 4. The van der Waals surface area contributed by atoms with E-state index in [9.17, 15) is 13.2 Å². The van der Waals surface area contributed by atoms with Crippen LogP contribution in [-0.4, -0.2) is 24.5 Å². The third kappa shape index (κ3) is 3.24. The number of nitrogens with two attached hydrogens (primary N) is 1. The molecule has 0 saturated carbocycles. The largest absolute Gasteiger partial charge is 0.364 e. The van der Waals surface area contributed by atoms with Crippen LogP contribution in [0.1, 0.15) is 21.6 Å². The number of hydrogen-bond donors (Lipinski definition) is 3. The van der Waals surface area contributed by atoms with Gasteiger partial charge in [-0.2, -0.15) is 5.10 Å². The summed E-state index contributed by atoms with van der Waals surface area (Å²) in [4.78, 5) is 11.1. The molecule has 0 aliphatic carbocycles. The number of anilines is 1. The van der Waals surface area contributed by atoms with Gasteiger partial charge >= 0.3 is 0 Å². The Balaban J connectivity index is 2.41. The van der Waals surface area contributed by atoms with Crippen molar-refractivity contribution >= 4 is 37.7 Å². The second kappa shape index (κ2) is 5.49. The van der Waals surface area contributed by atoms with Gasteiger partial charge in [-0.05, 0) is 37.1 Å². The summed E-state index contributed by atoms with van der Waals surface area (Å²) in [6.45, 7) is 3.40. The van der Waals surface area contributed by atoms with E-state index in [-0.39, 0.29) is 16.4 Å². The van der Waals surface area contributed by atoms with Crippen molar-refractivity contribution in [1.29, 1.82) is 0 Å². The maximum atomic E-state index is 12.4. The molecule has 0 radical (unpaired) electrons. The predicted octanol–water partition coefficient (Wildman–Crippen LogP) is 1.69. The van der Waals surface area contributed by atoms with Gasteiger partial charge in [0.2, 0.25) is 0 Å². The maximum absolute atomic E-state index is 12.4. The van der Waals surface area contributed by atoms with Crippen molar-refractivity contribution in [2.75, 3.05) is 4.72 Å². The molecular formula is C12H13BrN4O3S. The summed E-state index contributed by atoms with van der Waals surface area (Å²) in [5, 5.41) is 6.06. The molecule has 0 fully saturated rings. The van der Waals surface area contributed by atoms with E-state index in [0.29, 0.717) is 11.1 Å². The molecule has 1 heterocycles. The lowest BCUT2D eigenvalue weighted by molar-refractivity contribution is 0.0995. The van der Waals surface area contributed by atoms with E-state index >= 15 is 0 Å². The smallest absolute Gasteiger partial charge is 0.266 e. The second-order valence-electron chi connectivity index (χ2n) is 4.51. The lowest BCUT2D eigenvalue weighted by Crippen LogP contribution is -2.16. The zero-order chi connectivity index (χ0) is 15.8. The molecule has 0 spiro atoms. The molecule has 4 N–H and O–H groups in total. The summed E-state index contributed by atoms with van der Waals surface area (Å²) in [6, 6.07) is 4.66. The molecule has 7 nitrogen and oxygen atoms in total. The number of benzene rings is 1. The Morgan fingerprint density at radius 3 is 2.33 bits per heavy atom. The first-order valence-electron chi connectivity index (χ1n) is 5.85. The number of aromatic amines is 1. The van der Waals surface area contributed by atoms with Crippen molar-refractivity contribution in [3.8, 4) is 0 Å². The topological polar surface area (TPSA) is 118 Å². The Kier molecular flexibility index (Phi) is 4.06. The Morgan fingerprint density at radius 2 is 1.86 bits per heavy atom. The summed E-state index contributed by atoms with van der Waals surface area (Å²) in [5.41, 5.74) is 6.29. The average molecular weight is 373 g/mol. The number of aryl methyl sites for hydroxylation is 2. The third-order valence-electron chi connectivity index (χ3n) is 2.78. The van der Waals surface area contributed by atoms with Crippen LogP contribution < -0.4 is 10.5 Å². The quantitative estimate of drug-likeness (QED) is 0.756. The number of sulfonamides is 1. The van der Waals surface area contributed by atoms with E-state index in [1.165, 1.54) is 6.07 Å². The number of nitrogens with zero attached hydrogens (tertiary/aromatic N) is 1. The lowest BCUT2D eigenvalue weighted by atomic mass is 10.2. The van der Waals surface area contributed by atoms with Gasteiger partial charge in [-0.3, -0.25) is 14.6 Å². The summed E-state index contributed by atoms with van der Waals surface area (Å²) in [5.74, 6) is -0.713. The minimum absolute atomic E-state index is 0.00511. The Morgan fingerprint density at radius 1 is 1.29 bits per heavy atom. The minimum Gasteiger partial charge on any atom is -0.364 e. The SMILES string of the molecule is Cc1cc(Br)cc(C)c1S(=O)(=O)Nc1cc(C(N)=O)[nH]n1. The maximum Gasteiger partial charge on any atom is 0.266 e. The zero-order valence-electron chi connectivity index (χ0n) is 11.3. The molecule has 0 bridgehead atoms. The molecule has 0 unspecified atom stereocenters. The van der Waals surface area contributed by atoms with Crippen molar-refractivity contribution in [3.05, 3.63) is 39.5 Å². The molecule has 0 saturated heterocycles. The van der Waals surface area contributed by atoms with Gasteiger partial charge in [0.25, 0.3) is 15.9 Å². The fourth-order valence-corrected chi connectivity index (χ4v) is 4.14. The molecule has 0 atom stereocenters. The van der Waals surface area contributed by atoms with Crippen LogP contribution >= 0.6 is 15.9 Å². The summed E-state index contributed by atoms with van der Waals surface area (Å²) >= 11 is 3.32. The van der Waals surface area contributed by atoms with Crippen LogP contribution in [0.25, 0.3) is 0 Å². The fourth-order valence-electron chi connectivity index (χ4n) is 2.01. The van der Waals surface area contributed by atoms with Crippen molar-refractivity contribution in [2.45, 2.75) is 18.7 Å². The van der Waals surface area contributed by atoms with E-state index in [1.807, 2.05) is 0 Å². The molecule has 2 rings (SSSR count). The number of aromatic nitrogens is 2. The molecule has 21 heavy (non-hydrogen) atoms. The van der Waals surface area contributed by atoms with Crippen LogP contribution in [0.15, 0.2) is 27.6 Å². The van der Waals surface area contributed by atoms with Gasteiger partial charge in [-0.15, -0.1) is 0 Å². The van der Waals surface area contributed by atoms with Crippen LogP contribution in [0, 0.1) is 13.8 Å². The van der Waals surface area contributed by atoms with Crippen LogP contribution in [0.5, 0.6) is 0 Å². The third-order valence-corrected chi connectivity index (χ3v) is 4.89. The number of nitrogens with one attached hydrogen (secondary N) is 2. The van der Waals surface area contributed by atoms with Crippen LogP contribution in [-0.2, 0) is 10.0 Å². The van der Waals surface area contributed by atoms with E-state index in [4.69, 9.17) is 5.73 Å². The summed E-state index contributed by atoms with van der Waals surface area (Å²) in [6.07, 6.45) is 0. The van der Waals surface area contributed by atoms with E-state index < -0.39 is 15.9 Å². The van der Waals surface area contributed by atoms with Crippen molar-refractivity contribution < 1.29 is 13.2 Å². The zero-order valence-corrected chi connectivity index (χ0v) is 13.7. The van der Waals surface area contributed by atoms with E-state index in [1.54, 1.807) is 26.0 Å². The molecule has 9 heteroatoms. The first kappa shape index (κ1) is 15.5. The second-order valence-corrected chi connectivity index (χ2v) is 7.04. The number of carbonyl (C=O) groups excluding carboxylic acids is 1. The van der Waals surface area contributed by atoms with Crippen molar-refractivity contribution in [1.82, 2.24) is 10.2 Å². The Hall–Kier alpha value is -1.87. The molecule has 0 aliphatic heterocycles. The first-order valence-corrected chi connectivity index (χ1v) is 8.13. The lowest BCUT2D eigenvalue weighted by Gasteiger charge is -2.12. The van der Waals surface area contributed by atoms with E-state index in [2.05, 4.69) is 30.8 Å². The minimum atomic E-state index is -3.81. The molecule has 1 aromatic heterocycles. The summed E-state index contributed by atoms with van der Waals surface area (Å²) < 4.78 is 28.0. The number of amides is 1. The molecule has 0 aliphatic rings. The van der Waals surface area contributed by atoms with Crippen LogP contribution in [0.3, 0.4) is 0 Å². The highest BCUT2D eigenvalue weighted by Gasteiger charge is 2.21. The predicted molar refractivity (Wildman–Crippen MR) is 81.5 cm³/mol. The molecule has 2 aromatic rings. The van der Waals surface area contributed by atoms with E-state index in [0.717, 1.165) is 4.47 Å². The Bertz CT molecular complexity index is 791. The van der Waals surface area contributed by atoms with Gasteiger partial charge in [0.05, 0.1) is 4.90 Å². The Labute approximate surface area is 130 Å². The monoisotopic (exact) mass is 372 g/mol. The van der Waals surface area contributed by atoms with Gasteiger partial charge in [-0.25, -0.2) is 8.42 Å². The summed E-state index contributed by atoms with van der Waals surface area (Å²) in [7, 11) is -3.81. The van der Waals surface area contributed by atoms with Gasteiger partial charge in [-0.1, -0.05) is 15.9 Å². The number of rotatable bonds is 4. The van der Waals surface area contributed by atoms with Crippen LogP contribution in [0.4, 0.5) is 5.82 Å². The molecule has 112 valence electrons. The van der Waals surface area contributed by atoms with Gasteiger partial charge in [0.15, 0.2) is 5.82 Å². The standard InChI is InChI=1S/C12H13BrN4O3S/c1-6-3-8(13)4-7(2)11(6)21(19,20)17-10-5-9(12(14)18)15-16-10/h3-5H,1-2H3,(H2,14,18)(H2,15,16,17). The number of H-pyrrole nitrogens is 1. The van der Waals surface area contributed by atoms with Crippen LogP contribution in [0.2, 0.25) is 0 Å². The van der Waals surface area contributed by atoms with Crippen molar-refractivity contribution in [3.63, 3.8) is 0 Å². The van der Waals surface area contributed by atoms with Gasteiger partial charge < -0.3 is 5.73 Å². The molecule has 1 amide bonds. The normalized spacial score (nSPS) is 11.4. The first-order chi connectivity index (χ1) is 9.70. The number of primary amides is 1. The number of halogens is 1. The highest BCUT2D eigenvalue weighted by Crippen LogP contribution is 2.26. The highest BCUT2D eigenvalue weighted by molar-refractivity contribution is 9.10. The highest BCUT2D eigenvalue weighted by atomic mass is 79.9. The molecule has 1 aromatic carbocycles.